The Labute approximate surface area is 56.9 Å². The third-order valence-corrected chi connectivity index (χ3v) is 1.44. The number of nitrogens with one attached hydrogen (secondary N) is 2. The summed E-state index contributed by atoms with van der Waals surface area (Å²) in [5, 5.41) is 8.68. The third kappa shape index (κ3) is 0.625. The van der Waals surface area contributed by atoms with Crippen LogP contribution in [0.1, 0.15) is 5.69 Å². The van der Waals surface area contributed by atoms with Gasteiger partial charge in [-0.05, 0) is 6.07 Å². The molecule has 0 fully saturated rings. The molecule has 0 bridgehead atoms. The minimum Gasteiger partial charge on any atom is -0.390 e. The quantitative estimate of drug-likeness (QED) is 0.532. The lowest BCUT2D eigenvalue weighted by Crippen LogP contribution is -1.79. The topological polar surface area (TPSA) is 64.7 Å². The van der Waals surface area contributed by atoms with E-state index >= 15 is 0 Å². The standard InChI is InChI=1S/C6H7N3O/c10-2-4-1-5-6(9-4)8-3-7-5/h1,3,9-10H,2H2,(H,7,8). The Morgan fingerprint density at radius 3 is 3.20 bits per heavy atom. The van der Waals surface area contributed by atoms with Gasteiger partial charge in [-0.2, -0.15) is 0 Å². The second kappa shape index (κ2) is 1.85. The predicted octanol–water partition coefficient (Wildman–Crippen LogP) is 0.383. The number of hydrogen-bond donors (Lipinski definition) is 3. The van der Waals surface area contributed by atoms with Crippen molar-refractivity contribution < 1.29 is 5.11 Å². The maximum Gasteiger partial charge on any atom is 0.155 e. The first kappa shape index (κ1) is 5.49. The van der Waals surface area contributed by atoms with E-state index < -0.39 is 0 Å². The summed E-state index contributed by atoms with van der Waals surface area (Å²) in [4.78, 5) is 9.82. The monoisotopic (exact) mass is 137 g/mol. The highest BCUT2D eigenvalue weighted by atomic mass is 16.3. The van der Waals surface area contributed by atoms with Gasteiger partial charge in [0.2, 0.25) is 0 Å². The first-order valence-electron chi connectivity index (χ1n) is 3.02. The second-order valence-corrected chi connectivity index (χ2v) is 2.12. The highest BCUT2D eigenvalue weighted by Crippen LogP contribution is 2.09. The molecule has 0 saturated heterocycles. The van der Waals surface area contributed by atoms with Gasteiger partial charge in [-0.1, -0.05) is 0 Å². The molecule has 52 valence electrons. The van der Waals surface area contributed by atoms with Crippen molar-refractivity contribution in [2.24, 2.45) is 0 Å². The molecule has 4 nitrogen and oxygen atoms in total. The molecule has 0 aromatic carbocycles. The van der Waals surface area contributed by atoms with Gasteiger partial charge in [-0.15, -0.1) is 0 Å². The van der Waals surface area contributed by atoms with Crippen LogP contribution in [0.2, 0.25) is 0 Å². The SMILES string of the molecule is OCc1cc2[nH]cnc2[nH]1. The van der Waals surface area contributed by atoms with Gasteiger partial charge in [-0.3, -0.25) is 0 Å². The highest BCUT2D eigenvalue weighted by Gasteiger charge is 1.99. The molecule has 2 aromatic heterocycles. The largest absolute Gasteiger partial charge is 0.390 e. The fraction of sp³-hybridized carbons (Fsp3) is 0.167. The Hall–Kier alpha value is -1.29. The minimum atomic E-state index is 0.0319. The zero-order valence-electron chi connectivity index (χ0n) is 5.26. The minimum absolute atomic E-state index is 0.0319. The van der Waals surface area contributed by atoms with E-state index in [9.17, 15) is 0 Å². The lowest BCUT2D eigenvalue weighted by atomic mass is 10.4. The normalized spacial score (nSPS) is 10.9. The van der Waals surface area contributed by atoms with Crippen molar-refractivity contribution in [3.8, 4) is 0 Å². The molecular formula is C6H7N3O. The first-order valence-corrected chi connectivity index (χ1v) is 3.02. The average Bonchev–Trinajstić information content (AvgIpc) is 2.42. The molecule has 0 atom stereocenters. The molecule has 0 radical (unpaired) electrons. The predicted molar refractivity (Wildman–Crippen MR) is 36.4 cm³/mol. The van der Waals surface area contributed by atoms with Crippen molar-refractivity contribution in [2.75, 3.05) is 0 Å². The van der Waals surface area contributed by atoms with Crippen molar-refractivity contribution in [3.63, 3.8) is 0 Å². The number of aliphatic hydroxyl groups excluding tert-OH is 1. The van der Waals surface area contributed by atoms with Crippen LogP contribution in [-0.4, -0.2) is 20.1 Å². The summed E-state index contributed by atoms with van der Waals surface area (Å²) in [6.07, 6.45) is 1.61. The Balaban J connectivity index is 2.67. The summed E-state index contributed by atoms with van der Waals surface area (Å²) in [6, 6.07) is 1.84. The van der Waals surface area contributed by atoms with Gasteiger partial charge in [-0.25, -0.2) is 4.98 Å². The van der Waals surface area contributed by atoms with Gasteiger partial charge >= 0.3 is 0 Å². The van der Waals surface area contributed by atoms with Crippen LogP contribution >= 0.6 is 0 Å². The fourth-order valence-electron chi connectivity index (χ4n) is 0.961. The van der Waals surface area contributed by atoms with Gasteiger partial charge in [0.25, 0.3) is 0 Å². The molecule has 2 aromatic rings. The van der Waals surface area contributed by atoms with Crippen LogP contribution < -0.4 is 0 Å². The maximum absolute atomic E-state index is 8.68. The van der Waals surface area contributed by atoms with E-state index in [0.29, 0.717) is 0 Å². The van der Waals surface area contributed by atoms with Gasteiger partial charge < -0.3 is 15.1 Å². The molecule has 0 amide bonds. The molecule has 3 N–H and O–H groups in total. The van der Waals surface area contributed by atoms with Crippen LogP contribution in [0.25, 0.3) is 11.2 Å². The van der Waals surface area contributed by atoms with Gasteiger partial charge in [0, 0.05) is 5.69 Å². The molecule has 0 saturated carbocycles. The Bertz CT molecular complexity index is 307. The molecule has 0 aliphatic carbocycles. The Kier molecular flexibility index (Phi) is 1.01. The maximum atomic E-state index is 8.68. The molecule has 0 spiro atoms. The number of nitrogens with zero attached hydrogens (tertiary/aromatic N) is 1. The number of fused-ring (bicyclic) bond motifs is 1. The van der Waals surface area contributed by atoms with Gasteiger partial charge in [0.05, 0.1) is 18.5 Å². The van der Waals surface area contributed by atoms with E-state index in [1.165, 1.54) is 0 Å². The zero-order valence-corrected chi connectivity index (χ0v) is 5.26. The first-order chi connectivity index (χ1) is 4.90. The number of hydrogen-bond acceptors (Lipinski definition) is 2. The lowest BCUT2D eigenvalue weighted by molar-refractivity contribution is 0.278. The highest BCUT2D eigenvalue weighted by molar-refractivity contribution is 5.71. The fourth-order valence-corrected chi connectivity index (χ4v) is 0.961. The summed E-state index contributed by atoms with van der Waals surface area (Å²) >= 11 is 0. The van der Waals surface area contributed by atoms with Gasteiger partial charge in [0.15, 0.2) is 5.65 Å². The molecule has 10 heavy (non-hydrogen) atoms. The molecule has 2 heterocycles. The van der Waals surface area contributed by atoms with Crippen LogP contribution in [0, 0.1) is 0 Å². The number of rotatable bonds is 1. The van der Waals surface area contributed by atoms with Crippen molar-refractivity contribution in [1.29, 1.82) is 0 Å². The van der Waals surface area contributed by atoms with Crippen LogP contribution in [0.3, 0.4) is 0 Å². The zero-order chi connectivity index (χ0) is 6.97. The molecular weight excluding hydrogens is 130 g/mol. The summed E-state index contributed by atoms with van der Waals surface area (Å²) in [5.74, 6) is 0. The van der Waals surface area contributed by atoms with Crippen molar-refractivity contribution >= 4 is 11.2 Å². The Morgan fingerprint density at radius 2 is 2.50 bits per heavy atom. The summed E-state index contributed by atoms with van der Waals surface area (Å²) in [6.45, 7) is 0.0319. The number of aromatic nitrogens is 3. The van der Waals surface area contributed by atoms with E-state index in [1.54, 1.807) is 6.33 Å². The molecule has 0 unspecified atom stereocenters. The molecule has 2 rings (SSSR count). The summed E-state index contributed by atoms with van der Waals surface area (Å²) in [7, 11) is 0. The molecule has 0 aliphatic rings. The molecule has 4 heteroatoms. The van der Waals surface area contributed by atoms with Crippen molar-refractivity contribution in [3.05, 3.63) is 18.1 Å². The van der Waals surface area contributed by atoms with Crippen molar-refractivity contribution in [1.82, 2.24) is 15.0 Å². The average molecular weight is 137 g/mol. The smallest absolute Gasteiger partial charge is 0.155 e. The van der Waals surface area contributed by atoms with Crippen LogP contribution in [0.5, 0.6) is 0 Å². The summed E-state index contributed by atoms with van der Waals surface area (Å²) in [5.41, 5.74) is 2.52. The van der Waals surface area contributed by atoms with E-state index in [2.05, 4.69) is 15.0 Å². The third-order valence-electron chi connectivity index (χ3n) is 1.44. The van der Waals surface area contributed by atoms with Crippen LogP contribution in [0.15, 0.2) is 12.4 Å². The van der Waals surface area contributed by atoms with Crippen LogP contribution in [0.4, 0.5) is 0 Å². The van der Waals surface area contributed by atoms with E-state index in [4.69, 9.17) is 5.11 Å². The number of imidazole rings is 1. The van der Waals surface area contributed by atoms with Gasteiger partial charge in [0.1, 0.15) is 0 Å². The summed E-state index contributed by atoms with van der Waals surface area (Å²) < 4.78 is 0. The van der Waals surface area contributed by atoms with Crippen LogP contribution in [-0.2, 0) is 6.61 Å². The lowest BCUT2D eigenvalue weighted by Gasteiger charge is -1.82. The number of H-pyrrole nitrogens is 2. The van der Waals surface area contributed by atoms with E-state index in [0.717, 1.165) is 16.9 Å². The van der Waals surface area contributed by atoms with Crippen molar-refractivity contribution in [2.45, 2.75) is 6.61 Å². The molecule has 0 aliphatic heterocycles. The Morgan fingerprint density at radius 1 is 1.60 bits per heavy atom. The van der Waals surface area contributed by atoms with E-state index in [1.807, 2.05) is 6.07 Å². The number of aliphatic hydroxyl groups is 1. The second-order valence-electron chi connectivity index (χ2n) is 2.12. The number of aromatic amines is 2. The van der Waals surface area contributed by atoms with E-state index in [-0.39, 0.29) is 6.61 Å².